The first kappa shape index (κ1) is 9.56. The molecule has 2 rings (SSSR count). The van der Waals surface area contributed by atoms with E-state index in [0.29, 0.717) is 5.02 Å². The second-order valence-corrected chi connectivity index (χ2v) is 3.91. The molecule has 14 heavy (non-hydrogen) atoms. The van der Waals surface area contributed by atoms with Crippen LogP contribution in [0.25, 0.3) is 5.69 Å². The van der Waals surface area contributed by atoms with Crippen molar-refractivity contribution in [2.75, 3.05) is 0 Å². The molecule has 0 amide bonds. The number of aromatic nitrogens is 2. The first-order valence-electron chi connectivity index (χ1n) is 4.13. The van der Waals surface area contributed by atoms with Gasteiger partial charge in [0.2, 0.25) is 0 Å². The zero-order chi connectivity index (χ0) is 10.1. The molecule has 0 bridgehead atoms. The fourth-order valence-electron chi connectivity index (χ4n) is 1.31. The first-order valence-corrected chi connectivity index (χ1v) is 4.89. The Morgan fingerprint density at radius 3 is 2.57 bits per heavy atom. The van der Waals surface area contributed by atoms with Gasteiger partial charge in [-0.2, -0.15) is 5.10 Å². The van der Waals surface area contributed by atoms with E-state index in [0.717, 1.165) is 16.3 Å². The summed E-state index contributed by atoms with van der Waals surface area (Å²) in [5, 5.41) is 5.47. The third-order valence-corrected chi connectivity index (χ3v) is 2.39. The SMILES string of the molecule is Cc1cc(Cl)ccc1-n1cc(Cl)cn1. The molecule has 0 atom stereocenters. The van der Waals surface area contributed by atoms with Crippen LogP contribution in [0, 0.1) is 6.92 Å². The minimum atomic E-state index is 0.624. The summed E-state index contributed by atoms with van der Waals surface area (Å²) in [6.07, 6.45) is 3.37. The second-order valence-electron chi connectivity index (χ2n) is 3.03. The number of nitrogens with zero attached hydrogens (tertiary/aromatic N) is 2. The number of hydrogen-bond acceptors (Lipinski definition) is 1. The maximum atomic E-state index is 5.85. The number of halogens is 2. The van der Waals surface area contributed by atoms with Crippen LogP contribution in [0.3, 0.4) is 0 Å². The lowest BCUT2D eigenvalue weighted by Crippen LogP contribution is -1.96. The van der Waals surface area contributed by atoms with Gasteiger partial charge < -0.3 is 0 Å². The number of rotatable bonds is 1. The average Bonchev–Trinajstić information content (AvgIpc) is 2.51. The molecule has 0 aliphatic heterocycles. The highest BCUT2D eigenvalue weighted by molar-refractivity contribution is 6.30. The lowest BCUT2D eigenvalue weighted by molar-refractivity contribution is 0.873. The average molecular weight is 227 g/mol. The van der Waals surface area contributed by atoms with E-state index in [9.17, 15) is 0 Å². The van der Waals surface area contributed by atoms with E-state index in [1.165, 1.54) is 0 Å². The molecular weight excluding hydrogens is 219 g/mol. The summed E-state index contributed by atoms with van der Waals surface area (Å²) in [6.45, 7) is 1.98. The lowest BCUT2D eigenvalue weighted by atomic mass is 10.2. The van der Waals surface area contributed by atoms with Crippen molar-refractivity contribution in [3.05, 3.63) is 46.2 Å². The van der Waals surface area contributed by atoms with Gasteiger partial charge in [0.05, 0.1) is 16.9 Å². The zero-order valence-corrected chi connectivity index (χ0v) is 9.05. The molecule has 0 saturated carbocycles. The molecule has 0 fully saturated rings. The van der Waals surface area contributed by atoms with Gasteiger partial charge in [-0.15, -0.1) is 0 Å². The van der Waals surface area contributed by atoms with Crippen molar-refractivity contribution in [2.45, 2.75) is 6.92 Å². The fraction of sp³-hybridized carbons (Fsp3) is 0.100. The van der Waals surface area contributed by atoms with Gasteiger partial charge >= 0.3 is 0 Å². The summed E-state index contributed by atoms with van der Waals surface area (Å²) in [7, 11) is 0. The van der Waals surface area contributed by atoms with Crippen LogP contribution in [-0.4, -0.2) is 9.78 Å². The van der Waals surface area contributed by atoms with Crippen molar-refractivity contribution >= 4 is 23.2 Å². The molecule has 72 valence electrons. The Hall–Kier alpha value is -0.990. The molecule has 0 spiro atoms. The quantitative estimate of drug-likeness (QED) is 0.729. The zero-order valence-electron chi connectivity index (χ0n) is 7.54. The second kappa shape index (κ2) is 3.64. The van der Waals surface area contributed by atoms with Gasteiger partial charge in [0.1, 0.15) is 0 Å². The molecule has 0 unspecified atom stereocenters. The predicted molar refractivity (Wildman–Crippen MR) is 58.3 cm³/mol. The van der Waals surface area contributed by atoms with Gasteiger partial charge in [0.25, 0.3) is 0 Å². The Kier molecular flexibility index (Phi) is 2.48. The van der Waals surface area contributed by atoms with Crippen molar-refractivity contribution in [2.24, 2.45) is 0 Å². The summed E-state index contributed by atoms with van der Waals surface area (Å²) in [5.74, 6) is 0. The number of benzene rings is 1. The van der Waals surface area contributed by atoms with Crippen molar-refractivity contribution in [1.29, 1.82) is 0 Å². The molecule has 0 aliphatic rings. The minimum absolute atomic E-state index is 0.624. The molecule has 4 heteroatoms. The highest BCUT2D eigenvalue weighted by Crippen LogP contribution is 2.19. The predicted octanol–water partition coefficient (Wildman–Crippen LogP) is 3.49. The van der Waals surface area contributed by atoms with Gasteiger partial charge in [0, 0.05) is 11.2 Å². The van der Waals surface area contributed by atoms with E-state index in [-0.39, 0.29) is 0 Å². The highest BCUT2D eigenvalue weighted by Gasteiger charge is 2.02. The Labute approximate surface area is 92.1 Å². The Morgan fingerprint density at radius 2 is 2.00 bits per heavy atom. The summed E-state index contributed by atoms with van der Waals surface area (Å²) < 4.78 is 1.73. The molecule has 2 nitrogen and oxygen atoms in total. The van der Waals surface area contributed by atoms with Gasteiger partial charge in [-0.25, -0.2) is 4.68 Å². The topological polar surface area (TPSA) is 17.8 Å². The first-order chi connectivity index (χ1) is 6.66. The molecular formula is C10H8Cl2N2. The molecule has 0 N–H and O–H groups in total. The van der Waals surface area contributed by atoms with Crippen molar-refractivity contribution in [3.8, 4) is 5.69 Å². The van der Waals surface area contributed by atoms with Gasteiger partial charge in [-0.3, -0.25) is 0 Å². The van der Waals surface area contributed by atoms with Crippen molar-refractivity contribution < 1.29 is 0 Å². The van der Waals surface area contributed by atoms with Gasteiger partial charge in [-0.05, 0) is 30.7 Å². The van der Waals surface area contributed by atoms with Crippen LogP contribution in [-0.2, 0) is 0 Å². The number of aryl methyl sites for hydroxylation is 1. The van der Waals surface area contributed by atoms with Gasteiger partial charge in [0.15, 0.2) is 0 Å². The molecule has 0 radical (unpaired) electrons. The molecule has 2 aromatic rings. The summed E-state index contributed by atoms with van der Waals surface area (Å²) >= 11 is 11.6. The van der Waals surface area contributed by atoms with Crippen LogP contribution in [0.1, 0.15) is 5.56 Å². The Balaban J connectivity index is 2.52. The van der Waals surface area contributed by atoms with E-state index in [1.54, 1.807) is 17.1 Å². The monoisotopic (exact) mass is 226 g/mol. The Bertz CT molecular complexity index is 463. The summed E-state index contributed by atoms with van der Waals surface area (Å²) in [6, 6.07) is 5.65. The molecule has 0 saturated heterocycles. The number of hydrogen-bond donors (Lipinski definition) is 0. The van der Waals surface area contributed by atoms with Crippen LogP contribution in [0.15, 0.2) is 30.6 Å². The highest BCUT2D eigenvalue weighted by atomic mass is 35.5. The van der Waals surface area contributed by atoms with Crippen LogP contribution in [0.2, 0.25) is 10.0 Å². The van der Waals surface area contributed by atoms with E-state index in [1.807, 2.05) is 25.1 Å². The largest absolute Gasteiger partial charge is 0.239 e. The summed E-state index contributed by atoms with van der Waals surface area (Å²) in [4.78, 5) is 0. The maximum absolute atomic E-state index is 5.85. The fourth-order valence-corrected chi connectivity index (χ4v) is 1.67. The Morgan fingerprint density at radius 1 is 1.21 bits per heavy atom. The van der Waals surface area contributed by atoms with Crippen LogP contribution >= 0.6 is 23.2 Å². The van der Waals surface area contributed by atoms with Crippen molar-refractivity contribution in [1.82, 2.24) is 9.78 Å². The standard InChI is InChI=1S/C10H8Cl2N2/c1-7-4-8(11)2-3-10(7)14-6-9(12)5-13-14/h2-6H,1H3. The van der Waals surface area contributed by atoms with E-state index < -0.39 is 0 Å². The van der Waals surface area contributed by atoms with E-state index >= 15 is 0 Å². The molecule has 1 aromatic heterocycles. The van der Waals surface area contributed by atoms with Gasteiger partial charge in [-0.1, -0.05) is 23.2 Å². The lowest BCUT2D eigenvalue weighted by Gasteiger charge is -2.05. The molecule has 0 aliphatic carbocycles. The molecule has 1 heterocycles. The molecule has 1 aromatic carbocycles. The van der Waals surface area contributed by atoms with Crippen molar-refractivity contribution in [3.63, 3.8) is 0 Å². The normalized spacial score (nSPS) is 10.5. The smallest absolute Gasteiger partial charge is 0.0790 e. The van der Waals surface area contributed by atoms with Crippen LogP contribution in [0.4, 0.5) is 0 Å². The third kappa shape index (κ3) is 1.76. The van der Waals surface area contributed by atoms with Crippen LogP contribution < -0.4 is 0 Å². The minimum Gasteiger partial charge on any atom is -0.239 e. The van der Waals surface area contributed by atoms with Crippen LogP contribution in [0.5, 0.6) is 0 Å². The summed E-state index contributed by atoms with van der Waals surface area (Å²) in [5.41, 5.74) is 2.05. The third-order valence-electron chi connectivity index (χ3n) is 1.96. The van der Waals surface area contributed by atoms with E-state index in [2.05, 4.69) is 5.10 Å². The van der Waals surface area contributed by atoms with E-state index in [4.69, 9.17) is 23.2 Å². The maximum Gasteiger partial charge on any atom is 0.0790 e.